The molecule has 4 heterocycles. The molecular weight excluding hydrogens is 426 g/mol. The van der Waals surface area contributed by atoms with E-state index in [1.807, 2.05) is 10.7 Å². The summed E-state index contributed by atoms with van der Waals surface area (Å²) in [4.78, 5) is 21.9. The fourth-order valence-corrected chi connectivity index (χ4v) is 5.58. The SMILES string of the molecule is Cc1ccc(-c2cn3nc(N4CCCC(C(=O)NCCc5cccs5)C4)sc3n2)cc1. The van der Waals surface area contributed by atoms with Crippen LogP contribution in [-0.4, -0.2) is 40.1 Å². The lowest BCUT2D eigenvalue weighted by Crippen LogP contribution is -2.43. The minimum atomic E-state index is 0.0106. The highest BCUT2D eigenvalue weighted by Gasteiger charge is 2.27. The van der Waals surface area contributed by atoms with Gasteiger partial charge in [-0.15, -0.1) is 16.4 Å². The molecule has 1 atom stereocenters. The number of benzene rings is 1. The monoisotopic (exact) mass is 451 g/mol. The van der Waals surface area contributed by atoms with Gasteiger partial charge in [-0.1, -0.05) is 47.2 Å². The molecule has 0 bridgehead atoms. The van der Waals surface area contributed by atoms with Crippen molar-refractivity contribution in [3.63, 3.8) is 0 Å². The zero-order valence-electron chi connectivity index (χ0n) is 17.5. The third kappa shape index (κ3) is 4.50. The van der Waals surface area contributed by atoms with Crippen LogP contribution in [0.25, 0.3) is 16.2 Å². The van der Waals surface area contributed by atoms with Gasteiger partial charge in [0.15, 0.2) is 0 Å². The molecule has 1 aliphatic rings. The molecule has 6 nitrogen and oxygen atoms in total. The van der Waals surface area contributed by atoms with Gasteiger partial charge in [0.05, 0.1) is 17.8 Å². The Balaban J connectivity index is 1.22. The average Bonchev–Trinajstić information content (AvgIpc) is 3.51. The Kier molecular flexibility index (Phi) is 5.74. The van der Waals surface area contributed by atoms with E-state index in [-0.39, 0.29) is 11.8 Å². The maximum absolute atomic E-state index is 12.7. The highest BCUT2D eigenvalue weighted by Crippen LogP contribution is 2.30. The molecule has 160 valence electrons. The number of imidazole rings is 1. The second-order valence-corrected chi connectivity index (χ2v) is 9.98. The van der Waals surface area contributed by atoms with Crippen LogP contribution in [0.3, 0.4) is 0 Å². The molecule has 5 rings (SSSR count). The van der Waals surface area contributed by atoms with Crippen LogP contribution >= 0.6 is 22.7 Å². The van der Waals surface area contributed by atoms with Crippen molar-refractivity contribution in [2.24, 2.45) is 5.92 Å². The van der Waals surface area contributed by atoms with E-state index in [1.54, 1.807) is 22.7 Å². The first-order valence-electron chi connectivity index (χ1n) is 10.6. The third-order valence-electron chi connectivity index (χ3n) is 5.69. The predicted molar refractivity (Wildman–Crippen MR) is 127 cm³/mol. The van der Waals surface area contributed by atoms with Gasteiger partial charge < -0.3 is 10.2 Å². The lowest BCUT2D eigenvalue weighted by Gasteiger charge is -2.31. The Morgan fingerprint density at radius 1 is 1.26 bits per heavy atom. The Labute approximate surface area is 189 Å². The molecule has 0 aliphatic carbocycles. The minimum Gasteiger partial charge on any atom is -0.355 e. The van der Waals surface area contributed by atoms with E-state index in [0.717, 1.165) is 47.2 Å². The summed E-state index contributed by atoms with van der Waals surface area (Å²) in [5.74, 6) is 0.167. The van der Waals surface area contributed by atoms with Crippen LogP contribution in [0.2, 0.25) is 0 Å². The minimum absolute atomic E-state index is 0.0106. The van der Waals surface area contributed by atoms with E-state index >= 15 is 0 Å². The molecule has 1 amide bonds. The van der Waals surface area contributed by atoms with Crippen molar-refractivity contribution in [3.8, 4) is 11.3 Å². The van der Waals surface area contributed by atoms with Crippen LogP contribution < -0.4 is 10.2 Å². The van der Waals surface area contributed by atoms with Crippen molar-refractivity contribution < 1.29 is 4.79 Å². The first-order chi connectivity index (χ1) is 15.2. The van der Waals surface area contributed by atoms with Crippen LogP contribution in [0.1, 0.15) is 23.3 Å². The van der Waals surface area contributed by atoms with Gasteiger partial charge in [0, 0.05) is 30.1 Å². The van der Waals surface area contributed by atoms with E-state index in [9.17, 15) is 4.79 Å². The summed E-state index contributed by atoms with van der Waals surface area (Å²) in [6.45, 7) is 4.43. The number of fused-ring (bicyclic) bond motifs is 1. The number of piperidine rings is 1. The summed E-state index contributed by atoms with van der Waals surface area (Å²) in [5.41, 5.74) is 3.27. The third-order valence-corrected chi connectivity index (χ3v) is 7.61. The van der Waals surface area contributed by atoms with Gasteiger partial charge in [-0.25, -0.2) is 9.50 Å². The number of amides is 1. The molecule has 3 aromatic heterocycles. The lowest BCUT2D eigenvalue weighted by atomic mass is 9.97. The van der Waals surface area contributed by atoms with Crippen molar-refractivity contribution in [2.75, 3.05) is 24.5 Å². The standard InChI is InChI=1S/C23H25N5OS2/c1-16-6-8-17(9-7-16)20-15-28-22(25-20)31-23(26-28)27-12-2-4-18(14-27)21(29)24-11-10-19-5-3-13-30-19/h3,5-9,13,15,18H,2,4,10-12,14H2,1H3,(H,24,29). The molecule has 0 spiro atoms. The molecule has 1 unspecified atom stereocenters. The number of hydrogen-bond acceptors (Lipinski definition) is 6. The number of aromatic nitrogens is 3. The number of nitrogens with zero attached hydrogens (tertiary/aromatic N) is 4. The van der Waals surface area contributed by atoms with Crippen molar-refractivity contribution in [3.05, 3.63) is 58.4 Å². The Morgan fingerprint density at radius 2 is 2.13 bits per heavy atom. The largest absolute Gasteiger partial charge is 0.355 e. The molecule has 8 heteroatoms. The quantitative estimate of drug-likeness (QED) is 0.472. The predicted octanol–water partition coefficient (Wildman–Crippen LogP) is 4.40. The summed E-state index contributed by atoms with van der Waals surface area (Å²) < 4.78 is 1.86. The highest BCUT2D eigenvalue weighted by molar-refractivity contribution is 7.20. The zero-order valence-corrected chi connectivity index (χ0v) is 19.1. The van der Waals surface area contributed by atoms with Crippen LogP contribution in [0.5, 0.6) is 0 Å². The molecule has 0 saturated carbocycles. The number of nitrogens with one attached hydrogen (secondary N) is 1. The molecule has 1 aromatic carbocycles. The Hall–Kier alpha value is -2.71. The summed E-state index contributed by atoms with van der Waals surface area (Å²) >= 11 is 3.32. The van der Waals surface area contributed by atoms with Crippen molar-refractivity contribution >= 4 is 38.7 Å². The zero-order chi connectivity index (χ0) is 21.2. The fourth-order valence-electron chi connectivity index (χ4n) is 3.95. The molecule has 4 aromatic rings. The van der Waals surface area contributed by atoms with Crippen LogP contribution in [-0.2, 0) is 11.2 Å². The van der Waals surface area contributed by atoms with Gasteiger partial charge in [-0.3, -0.25) is 4.79 Å². The second kappa shape index (κ2) is 8.80. The summed E-state index contributed by atoms with van der Waals surface area (Å²) in [6.07, 6.45) is 4.81. The van der Waals surface area contributed by atoms with Gasteiger partial charge in [0.2, 0.25) is 16.0 Å². The van der Waals surface area contributed by atoms with Crippen molar-refractivity contribution in [2.45, 2.75) is 26.2 Å². The molecule has 31 heavy (non-hydrogen) atoms. The second-order valence-electron chi connectivity index (χ2n) is 8.01. The number of anilines is 1. The van der Waals surface area contributed by atoms with E-state index in [0.29, 0.717) is 13.1 Å². The summed E-state index contributed by atoms with van der Waals surface area (Å²) in [5, 5.41) is 10.9. The molecule has 1 aliphatic heterocycles. The van der Waals surface area contributed by atoms with E-state index in [2.05, 4.69) is 58.9 Å². The van der Waals surface area contributed by atoms with Crippen LogP contribution in [0, 0.1) is 12.8 Å². The Morgan fingerprint density at radius 3 is 2.90 bits per heavy atom. The molecule has 0 radical (unpaired) electrons. The summed E-state index contributed by atoms with van der Waals surface area (Å²) in [7, 11) is 0. The highest BCUT2D eigenvalue weighted by atomic mass is 32.1. The molecule has 1 N–H and O–H groups in total. The lowest BCUT2D eigenvalue weighted by molar-refractivity contribution is -0.125. The number of rotatable bonds is 6. The normalized spacial score (nSPS) is 16.7. The van der Waals surface area contributed by atoms with E-state index < -0.39 is 0 Å². The smallest absolute Gasteiger partial charge is 0.224 e. The first kappa shape index (κ1) is 20.2. The van der Waals surface area contributed by atoms with Gasteiger partial charge in [0.25, 0.3) is 0 Å². The van der Waals surface area contributed by atoms with Crippen LogP contribution in [0.15, 0.2) is 48.0 Å². The van der Waals surface area contributed by atoms with Gasteiger partial charge >= 0.3 is 0 Å². The van der Waals surface area contributed by atoms with E-state index in [4.69, 9.17) is 10.1 Å². The van der Waals surface area contributed by atoms with Gasteiger partial charge in [-0.2, -0.15) is 0 Å². The maximum Gasteiger partial charge on any atom is 0.224 e. The van der Waals surface area contributed by atoms with Crippen molar-refractivity contribution in [1.29, 1.82) is 0 Å². The van der Waals surface area contributed by atoms with Crippen LogP contribution in [0.4, 0.5) is 5.13 Å². The Bertz CT molecular complexity index is 1130. The average molecular weight is 452 g/mol. The maximum atomic E-state index is 12.7. The van der Waals surface area contributed by atoms with Crippen molar-refractivity contribution in [1.82, 2.24) is 19.9 Å². The number of aryl methyl sites for hydroxylation is 1. The van der Waals surface area contributed by atoms with Gasteiger partial charge in [0.1, 0.15) is 0 Å². The number of carbonyl (C=O) groups excluding carboxylic acids is 1. The summed E-state index contributed by atoms with van der Waals surface area (Å²) in [6, 6.07) is 12.5. The topological polar surface area (TPSA) is 62.5 Å². The van der Waals surface area contributed by atoms with E-state index in [1.165, 1.54) is 10.4 Å². The van der Waals surface area contributed by atoms with Gasteiger partial charge in [-0.05, 0) is 37.6 Å². The first-order valence-corrected chi connectivity index (χ1v) is 12.3. The number of hydrogen-bond donors (Lipinski definition) is 1. The number of thiophene rings is 1. The molecule has 1 fully saturated rings. The molecule has 1 saturated heterocycles. The number of carbonyl (C=O) groups is 1. The molecular formula is C23H25N5OS2. The fraction of sp³-hybridized carbons (Fsp3) is 0.348.